The van der Waals surface area contributed by atoms with Gasteiger partial charge in [0.05, 0.1) is 0 Å². The topological polar surface area (TPSA) is 108 Å². The van der Waals surface area contributed by atoms with Gasteiger partial charge in [-0.25, -0.2) is 0 Å². The van der Waals surface area contributed by atoms with E-state index < -0.39 is 0 Å². The molecule has 6 nitrogen and oxygen atoms in total. The molecule has 0 aliphatic heterocycles. The molecule has 6 heteroatoms. The summed E-state index contributed by atoms with van der Waals surface area (Å²) in [4.78, 5) is 11.0. The fraction of sp³-hybridized carbons (Fsp3) is 0.286. The smallest absolute Gasteiger partial charge is 0.124 e. The molecule has 0 saturated heterocycles. The molecular weight excluding hydrogens is 426 g/mol. The molecule has 1 aliphatic carbocycles. The minimum atomic E-state index is 0.328. The lowest BCUT2D eigenvalue weighted by Gasteiger charge is -2.18. The largest absolute Gasteiger partial charge is 0.489 e. The molecule has 4 rings (SSSR count). The summed E-state index contributed by atoms with van der Waals surface area (Å²) >= 11 is 0. The Labute approximate surface area is 201 Å². The highest BCUT2D eigenvalue weighted by atomic mass is 16.5. The molecule has 1 fully saturated rings. The van der Waals surface area contributed by atoms with Gasteiger partial charge in [0.1, 0.15) is 18.6 Å². The summed E-state index contributed by atoms with van der Waals surface area (Å²) in [5, 5.41) is 18.7. The van der Waals surface area contributed by atoms with Crippen molar-refractivity contribution in [2.75, 3.05) is 19.0 Å². The maximum absolute atomic E-state index is 11.0. The average Bonchev–Trinajstić information content (AvgIpc) is 3.72. The van der Waals surface area contributed by atoms with Crippen molar-refractivity contribution in [1.82, 2.24) is 0 Å². The van der Waals surface area contributed by atoms with Crippen LogP contribution in [-0.4, -0.2) is 31.3 Å². The summed E-state index contributed by atoms with van der Waals surface area (Å²) in [6.07, 6.45) is 5.16. The van der Waals surface area contributed by atoms with Crippen LogP contribution in [0.5, 0.6) is 5.75 Å². The predicted octanol–water partition coefficient (Wildman–Crippen LogP) is 4.56. The fourth-order valence-electron chi connectivity index (χ4n) is 3.84. The number of aliphatic hydroxyl groups is 1. The minimum absolute atomic E-state index is 0.328. The first kappa shape index (κ1) is 25.1. The Morgan fingerprint density at radius 1 is 1.09 bits per heavy atom. The standard InChI is InChI=1S/C27H29N3O2.CH4O/c28-15-20-4-3-6-23(12-20)24-13-21(14-26(25(24)16-29)30-17-19-8-9-19)18-32-27-7-2-1-5-22(27)10-11-31;1-2/h1-7,11-14,16,19,29-30H,8-10,15,17-18,28H2;2H,1H3. The zero-order valence-electron chi connectivity index (χ0n) is 19.6. The van der Waals surface area contributed by atoms with Crippen LogP contribution in [0.15, 0.2) is 60.7 Å². The van der Waals surface area contributed by atoms with Crippen molar-refractivity contribution in [2.24, 2.45) is 11.7 Å². The van der Waals surface area contributed by atoms with Gasteiger partial charge < -0.3 is 31.1 Å². The molecule has 0 radical (unpaired) electrons. The first-order valence-electron chi connectivity index (χ1n) is 11.5. The van der Waals surface area contributed by atoms with E-state index >= 15 is 0 Å². The number of carbonyl (C=O) groups is 1. The summed E-state index contributed by atoms with van der Waals surface area (Å²) in [5.41, 5.74) is 12.6. The minimum Gasteiger partial charge on any atom is -0.489 e. The lowest BCUT2D eigenvalue weighted by Crippen LogP contribution is -2.08. The van der Waals surface area contributed by atoms with Crippen molar-refractivity contribution in [3.05, 3.63) is 82.9 Å². The molecule has 0 atom stereocenters. The maximum atomic E-state index is 11.0. The van der Waals surface area contributed by atoms with Gasteiger partial charge in [-0.1, -0.05) is 36.4 Å². The summed E-state index contributed by atoms with van der Waals surface area (Å²) < 4.78 is 6.11. The van der Waals surface area contributed by atoms with Crippen LogP contribution in [0, 0.1) is 11.3 Å². The Morgan fingerprint density at radius 2 is 1.88 bits per heavy atom. The lowest BCUT2D eigenvalue weighted by molar-refractivity contribution is -0.107. The number of ether oxygens (including phenoxy) is 1. The molecule has 0 heterocycles. The van der Waals surface area contributed by atoms with Crippen molar-refractivity contribution < 1.29 is 14.6 Å². The number of rotatable bonds is 11. The number of hydrogen-bond acceptors (Lipinski definition) is 6. The number of benzene rings is 3. The van der Waals surface area contributed by atoms with Crippen LogP contribution in [0.4, 0.5) is 5.69 Å². The normalized spacial score (nSPS) is 12.3. The van der Waals surface area contributed by atoms with Crippen molar-refractivity contribution in [3.63, 3.8) is 0 Å². The number of para-hydroxylation sites is 1. The van der Waals surface area contributed by atoms with Crippen molar-refractivity contribution in [1.29, 1.82) is 5.41 Å². The van der Waals surface area contributed by atoms with E-state index in [1.54, 1.807) is 0 Å². The summed E-state index contributed by atoms with van der Waals surface area (Å²) in [5.74, 6) is 1.43. The van der Waals surface area contributed by atoms with Crippen LogP contribution in [-0.2, 0) is 24.4 Å². The first-order valence-corrected chi connectivity index (χ1v) is 11.5. The molecule has 1 aliphatic rings. The Kier molecular flexibility index (Phi) is 9.38. The number of nitrogens with one attached hydrogen (secondary N) is 2. The summed E-state index contributed by atoms with van der Waals surface area (Å²) in [6.45, 7) is 1.75. The number of hydrogen-bond donors (Lipinski definition) is 4. The second-order valence-corrected chi connectivity index (χ2v) is 8.24. The number of carbonyl (C=O) groups excluding carboxylic acids is 1. The second-order valence-electron chi connectivity index (χ2n) is 8.24. The van der Waals surface area contributed by atoms with Crippen molar-refractivity contribution in [2.45, 2.75) is 32.4 Å². The molecule has 5 N–H and O–H groups in total. The van der Waals surface area contributed by atoms with Gasteiger partial charge in [0.2, 0.25) is 0 Å². The zero-order chi connectivity index (χ0) is 24.3. The second kappa shape index (κ2) is 12.7. The number of aldehydes is 1. The van der Waals surface area contributed by atoms with Crippen LogP contribution < -0.4 is 15.8 Å². The van der Waals surface area contributed by atoms with Crippen LogP contribution >= 0.6 is 0 Å². The number of aliphatic hydroxyl groups excluding tert-OH is 1. The Hall–Kier alpha value is -3.48. The van der Waals surface area contributed by atoms with E-state index in [0.29, 0.717) is 25.5 Å². The van der Waals surface area contributed by atoms with Crippen molar-refractivity contribution >= 4 is 18.2 Å². The Bertz CT molecular complexity index is 1110. The zero-order valence-corrected chi connectivity index (χ0v) is 19.6. The van der Waals surface area contributed by atoms with Crippen LogP contribution in [0.3, 0.4) is 0 Å². The fourth-order valence-corrected chi connectivity index (χ4v) is 3.84. The highest BCUT2D eigenvalue weighted by Gasteiger charge is 2.21. The SMILES string of the molecule is CO.N=Cc1c(NCC2CC2)cc(COc2ccccc2CC=O)cc1-c1cccc(CN)c1. The molecule has 0 spiro atoms. The quantitative estimate of drug-likeness (QED) is 0.248. The Morgan fingerprint density at radius 3 is 2.59 bits per heavy atom. The molecule has 178 valence electrons. The molecule has 0 aromatic heterocycles. The van der Waals surface area contributed by atoms with E-state index in [-0.39, 0.29) is 0 Å². The Balaban J connectivity index is 0.00000158. The average molecular weight is 460 g/mol. The third-order valence-corrected chi connectivity index (χ3v) is 5.81. The number of nitrogens with two attached hydrogens (primary N) is 1. The van der Waals surface area contributed by atoms with E-state index in [2.05, 4.69) is 29.6 Å². The van der Waals surface area contributed by atoms with E-state index in [4.69, 9.17) is 21.0 Å². The van der Waals surface area contributed by atoms with E-state index in [0.717, 1.165) is 64.8 Å². The van der Waals surface area contributed by atoms with Gasteiger partial charge in [0.25, 0.3) is 0 Å². The van der Waals surface area contributed by atoms with Gasteiger partial charge in [-0.15, -0.1) is 0 Å². The molecule has 0 unspecified atom stereocenters. The lowest BCUT2D eigenvalue weighted by atomic mass is 9.94. The highest BCUT2D eigenvalue weighted by Crippen LogP contribution is 2.34. The molecule has 0 amide bonds. The van der Waals surface area contributed by atoms with Crippen molar-refractivity contribution in [3.8, 4) is 16.9 Å². The molecule has 0 bridgehead atoms. The third-order valence-electron chi connectivity index (χ3n) is 5.81. The van der Waals surface area contributed by atoms with Crippen LogP contribution in [0.1, 0.15) is 35.1 Å². The molecular formula is C28H33N3O3. The number of anilines is 1. The van der Waals surface area contributed by atoms with E-state index in [9.17, 15) is 4.79 Å². The highest BCUT2D eigenvalue weighted by molar-refractivity contribution is 5.96. The predicted molar refractivity (Wildman–Crippen MR) is 138 cm³/mol. The van der Waals surface area contributed by atoms with Gasteiger partial charge in [-0.3, -0.25) is 0 Å². The third kappa shape index (κ3) is 6.53. The molecule has 34 heavy (non-hydrogen) atoms. The monoisotopic (exact) mass is 459 g/mol. The first-order chi connectivity index (χ1) is 16.7. The molecule has 1 saturated carbocycles. The van der Waals surface area contributed by atoms with Gasteiger partial charge >= 0.3 is 0 Å². The molecule has 3 aromatic carbocycles. The summed E-state index contributed by atoms with van der Waals surface area (Å²) in [6, 6.07) is 19.9. The van der Waals surface area contributed by atoms with E-state index in [1.165, 1.54) is 19.1 Å². The van der Waals surface area contributed by atoms with Gasteiger partial charge in [-0.2, -0.15) is 0 Å². The van der Waals surface area contributed by atoms with Gasteiger partial charge in [0.15, 0.2) is 0 Å². The maximum Gasteiger partial charge on any atom is 0.124 e. The van der Waals surface area contributed by atoms with Gasteiger partial charge in [0, 0.05) is 49.6 Å². The van der Waals surface area contributed by atoms with Crippen LogP contribution in [0.25, 0.3) is 11.1 Å². The molecule has 3 aromatic rings. The summed E-state index contributed by atoms with van der Waals surface area (Å²) in [7, 11) is 1.00. The van der Waals surface area contributed by atoms with E-state index in [1.807, 2.05) is 36.4 Å². The van der Waals surface area contributed by atoms with Crippen LogP contribution in [0.2, 0.25) is 0 Å². The van der Waals surface area contributed by atoms with Gasteiger partial charge in [-0.05, 0) is 65.3 Å².